The fourth-order valence-corrected chi connectivity index (χ4v) is 4.28. The van der Waals surface area contributed by atoms with E-state index >= 15 is 0 Å². The van der Waals surface area contributed by atoms with Crippen LogP contribution in [-0.4, -0.2) is 37.1 Å². The predicted molar refractivity (Wildman–Crippen MR) is 116 cm³/mol. The summed E-state index contributed by atoms with van der Waals surface area (Å²) in [7, 11) is 0. The molecule has 0 spiro atoms. The molecular formula is C22H28N2O4S. The van der Waals surface area contributed by atoms with E-state index in [0.29, 0.717) is 53.6 Å². The molecular weight excluding hydrogens is 388 g/mol. The summed E-state index contributed by atoms with van der Waals surface area (Å²) in [6.45, 7) is 3.87. The lowest BCUT2D eigenvalue weighted by Gasteiger charge is -2.11. The maximum atomic E-state index is 13.0. The van der Waals surface area contributed by atoms with Crippen LogP contribution in [0.15, 0.2) is 35.4 Å². The lowest BCUT2D eigenvalue weighted by Crippen LogP contribution is -2.18. The second-order valence-electron chi connectivity index (χ2n) is 7.36. The van der Waals surface area contributed by atoms with Gasteiger partial charge in [0.05, 0.1) is 23.4 Å². The largest absolute Gasteiger partial charge is 0.508 e. The normalized spacial score (nSPS) is 13.7. The van der Waals surface area contributed by atoms with Gasteiger partial charge in [-0.05, 0) is 68.4 Å². The van der Waals surface area contributed by atoms with Crippen LogP contribution in [0.25, 0.3) is 15.9 Å². The van der Waals surface area contributed by atoms with Crippen LogP contribution in [0, 0.1) is 0 Å². The highest BCUT2D eigenvalue weighted by molar-refractivity contribution is 7.18. The van der Waals surface area contributed by atoms with Crippen molar-refractivity contribution < 1.29 is 15.3 Å². The van der Waals surface area contributed by atoms with Gasteiger partial charge >= 0.3 is 0 Å². The number of aromatic hydroxyl groups is 1. The Hall–Kier alpha value is -2.22. The number of aliphatic hydroxyl groups is 2. The van der Waals surface area contributed by atoms with Crippen molar-refractivity contribution in [1.82, 2.24) is 9.55 Å². The third-order valence-corrected chi connectivity index (χ3v) is 6.42. The van der Waals surface area contributed by atoms with Gasteiger partial charge in [0.25, 0.3) is 5.56 Å². The third-order valence-electron chi connectivity index (χ3n) is 5.24. The van der Waals surface area contributed by atoms with E-state index in [1.165, 1.54) is 22.2 Å². The Bertz CT molecular complexity index is 1030. The lowest BCUT2D eigenvalue weighted by atomic mass is 10.0. The monoisotopic (exact) mass is 416 g/mol. The van der Waals surface area contributed by atoms with E-state index in [2.05, 4.69) is 4.98 Å². The highest BCUT2D eigenvalue weighted by Gasteiger charge is 2.13. The van der Waals surface area contributed by atoms with Gasteiger partial charge in [-0.2, -0.15) is 0 Å². The molecule has 0 radical (unpaired) electrons. The van der Waals surface area contributed by atoms with Crippen LogP contribution in [0.5, 0.6) is 5.75 Å². The van der Waals surface area contributed by atoms with Gasteiger partial charge in [-0.25, -0.2) is 4.98 Å². The van der Waals surface area contributed by atoms with E-state index in [4.69, 9.17) is 0 Å². The Balaban J connectivity index is 1.89. The zero-order valence-corrected chi connectivity index (χ0v) is 17.7. The van der Waals surface area contributed by atoms with Crippen molar-refractivity contribution in [3.63, 3.8) is 0 Å². The molecule has 29 heavy (non-hydrogen) atoms. The van der Waals surface area contributed by atoms with E-state index in [1.54, 1.807) is 18.2 Å². The van der Waals surface area contributed by atoms with Gasteiger partial charge < -0.3 is 15.3 Å². The molecule has 0 saturated heterocycles. The highest BCUT2D eigenvalue weighted by atomic mass is 32.1. The zero-order valence-electron chi connectivity index (χ0n) is 16.8. The molecule has 0 fully saturated rings. The van der Waals surface area contributed by atoms with Crippen LogP contribution in [0.4, 0.5) is 0 Å². The van der Waals surface area contributed by atoms with Crippen molar-refractivity contribution in [2.24, 2.45) is 0 Å². The molecule has 0 aliphatic carbocycles. The summed E-state index contributed by atoms with van der Waals surface area (Å²) in [6.07, 6.45) is 4.63. The minimum atomic E-state index is -0.408. The molecule has 2 heterocycles. The van der Waals surface area contributed by atoms with Crippen LogP contribution >= 0.6 is 11.3 Å². The van der Waals surface area contributed by atoms with Crippen molar-refractivity contribution in [3.05, 3.63) is 51.4 Å². The first-order valence-corrected chi connectivity index (χ1v) is 10.9. The van der Waals surface area contributed by atoms with Crippen molar-refractivity contribution >= 4 is 21.6 Å². The number of aliphatic hydroxyl groups excluding tert-OH is 2. The van der Waals surface area contributed by atoms with Crippen LogP contribution < -0.4 is 5.56 Å². The van der Waals surface area contributed by atoms with E-state index < -0.39 is 6.10 Å². The summed E-state index contributed by atoms with van der Waals surface area (Å²) in [5, 5.41) is 29.7. The average Bonchev–Trinajstić information content (AvgIpc) is 3.15. The van der Waals surface area contributed by atoms with Gasteiger partial charge in [0.2, 0.25) is 0 Å². The first-order chi connectivity index (χ1) is 13.9. The molecule has 0 saturated carbocycles. The Morgan fingerprint density at radius 3 is 2.45 bits per heavy atom. The van der Waals surface area contributed by atoms with E-state index in [1.807, 2.05) is 19.9 Å². The number of phenols is 1. The first-order valence-electron chi connectivity index (χ1n) is 10.1. The lowest BCUT2D eigenvalue weighted by molar-refractivity contribution is 0.160. The van der Waals surface area contributed by atoms with Gasteiger partial charge in [-0.1, -0.05) is 13.8 Å². The molecule has 7 heteroatoms. The van der Waals surface area contributed by atoms with Crippen molar-refractivity contribution in [3.8, 4) is 11.4 Å². The standard InChI is InChI=1S/C22H28N2O4S/c1-3-16(25)7-5-14-11-15(6-10-20(14)27)24-13-23-19-12-18(9-8-17(26)4-2)29-21(19)22(24)28/h6,10-13,16-17,25-27H,3-5,7-9H2,1-2H3. The Labute approximate surface area is 174 Å². The molecule has 0 aliphatic rings. The van der Waals surface area contributed by atoms with Crippen molar-refractivity contribution in [1.29, 1.82) is 0 Å². The summed E-state index contributed by atoms with van der Waals surface area (Å²) in [4.78, 5) is 18.5. The molecule has 0 amide bonds. The van der Waals surface area contributed by atoms with Gasteiger partial charge in [-0.15, -0.1) is 11.3 Å². The van der Waals surface area contributed by atoms with Crippen LogP contribution in [-0.2, 0) is 12.8 Å². The number of thiophene rings is 1. The number of hydrogen-bond donors (Lipinski definition) is 3. The molecule has 3 aromatic rings. The minimum Gasteiger partial charge on any atom is -0.508 e. The fourth-order valence-electron chi connectivity index (χ4n) is 3.23. The summed E-state index contributed by atoms with van der Waals surface area (Å²) in [5.74, 6) is 0.159. The Kier molecular flexibility index (Phi) is 7.05. The SMILES string of the molecule is CCC(O)CCc1cc2ncn(-c3ccc(O)c(CCC(O)CC)c3)c(=O)c2s1. The number of benzene rings is 1. The quantitative estimate of drug-likeness (QED) is 0.496. The summed E-state index contributed by atoms with van der Waals surface area (Å²) < 4.78 is 2.08. The molecule has 3 rings (SSSR count). The van der Waals surface area contributed by atoms with E-state index in [0.717, 1.165) is 11.3 Å². The summed E-state index contributed by atoms with van der Waals surface area (Å²) in [5.41, 5.74) is 1.86. The van der Waals surface area contributed by atoms with Crippen molar-refractivity contribution in [2.75, 3.05) is 0 Å². The molecule has 0 aliphatic heterocycles. The molecule has 2 aromatic heterocycles. The second-order valence-corrected chi connectivity index (χ2v) is 8.50. The number of aromatic nitrogens is 2. The van der Waals surface area contributed by atoms with Gasteiger partial charge in [0.15, 0.2) is 0 Å². The molecule has 156 valence electrons. The number of fused-ring (bicyclic) bond motifs is 1. The number of aryl methyl sites for hydroxylation is 2. The predicted octanol–water partition coefficient (Wildman–Crippen LogP) is 3.56. The van der Waals surface area contributed by atoms with Crippen molar-refractivity contribution in [2.45, 2.75) is 64.6 Å². The maximum absolute atomic E-state index is 13.0. The summed E-state index contributed by atoms with van der Waals surface area (Å²) in [6, 6.07) is 6.96. The van der Waals surface area contributed by atoms with Gasteiger partial charge in [0.1, 0.15) is 16.8 Å². The number of hydrogen-bond acceptors (Lipinski definition) is 6. The Morgan fingerprint density at radius 2 is 1.76 bits per heavy atom. The average molecular weight is 417 g/mol. The van der Waals surface area contributed by atoms with Gasteiger partial charge in [-0.3, -0.25) is 9.36 Å². The van der Waals surface area contributed by atoms with Crippen LogP contribution in [0.2, 0.25) is 0 Å². The Morgan fingerprint density at radius 1 is 1.07 bits per heavy atom. The number of rotatable bonds is 9. The maximum Gasteiger partial charge on any atom is 0.275 e. The number of nitrogens with zero attached hydrogens (tertiary/aromatic N) is 2. The van der Waals surface area contributed by atoms with Crippen LogP contribution in [0.1, 0.15) is 50.0 Å². The molecule has 0 bridgehead atoms. The first kappa shape index (κ1) is 21.5. The molecule has 3 N–H and O–H groups in total. The van der Waals surface area contributed by atoms with E-state index in [-0.39, 0.29) is 17.4 Å². The molecule has 1 aromatic carbocycles. The van der Waals surface area contributed by atoms with Gasteiger partial charge in [0, 0.05) is 4.88 Å². The molecule has 2 atom stereocenters. The third kappa shape index (κ3) is 5.04. The number of phenolic OH excluding ortho intramolecular Hbond substituents is 1. The molecule has 2 unspecified atom stereocenters. The van der Waals surface area contributed by atoms with Crippen LogP contribution in [0.3, 0.4) is 0 Å². The summed E-state index contributed by atoms with van der Waals surface area (Å²) >= 11 is 1.42. The zero-order chi connectivity index (χ0) is 21.0. The minimum absolute atomic E-state index is 0.146. The smallest absolute Gasteiger partial charge is 0.275 e. The highest BCUT2D eigenvalue weighted by Crippen LogP contribution is 2.25. The topological polar surface area (TPSA) is 95.6 Å². The van der Waals surface area contributed by atoms with E-state index in [9.17, 15) is 20.1 Å². The fraction of sp³-hybridized carbons (Fsp3) is 0.455. The molecule has 6 nitrogen and oxygen atoms in total. The second kappa shape index (κ2) is 9.52.